The predicted octanol–water partition coefficient (Wildman–Crippen LogP) is 1.22. The topological polar surface area (TPSA) is 40.5 Å². The van der Waals surface area contributed by atoms with Gasteiger partial charge in [-0.15, -0.1) is 0 Å². The molecule has 0 heterocycles. The van der Waals surface area contributed by atoms with Crippen LogP contribution in [0, 0.1) is 0 Å². The number of aliphatic hydroxyl groups excluding tert-OH is 2. The van der Waals surface area contributed by atoms with Crippen LogP contribution in [0.2, 0.25) is 0 Å². The lowest BCUT2D eigenvalue weighted by Crippen LogP contribution is -1.83. The van der Waals surface area contributed by atoms with E-state index in [-0.39, 0.29) is 12.4 Å². The average molecular weight is 116 g/mol. The van der Waals surface area contributed by atoms with Crippen molar-refractivity contribution < 1.29 is 10.2 Å². The molecule has 0 saturated heterocycles. The van der Waals surface area contributed by atoms with Crippen LogP contribution in [-0.4, -0.2) is 16.8 Å². The smallest absolute Gasteiger partial charge is 0.0851 e. The fraction of sp³-hybridized carbons (Fsp3) is 0.667. The van der Waals surface area contributed by atoms with Crippen LogP contribution in [0.1, 0.15) is 19.3 Å². The van der Waals surface area contributed by atoms with Gasteiger partial charge in [-0.25, -0.2) is 0 Å². The molecule has 0 fully saturated rings. The molecule has 0 unspecified atom stereocenters. The Balaban J connectivity index is 2.82. The highest BCUT2D eigenvalue weighted by molar-refractivity contribution is 4.77. The molecule has 2 N–H and O–H groups in total. The van der Waals surface area contributed by atoms with Crippen molar-refractivity contribution >= 4 is 0 Å². The fourth-order valence-electron chi connectivity index (χ4n) is 0.441. The zero-order valence-electron chi connectivity index (χ0n) is 4.93. The maximum atomic E-state index is 8.50. The first kappa shape index (κ1) is 7.50. The van der Waals surface area contributed by atoms with Crippen LogP contribution in [0.25, 0.3) is 0 Å². The van der Waals surface area contributed by atoms with Crippen molar-refractivity contribution in [2.45, 2.75) is 19.3 Å². The summed E-state index contributed by atoms with van der Waals surface area (Å²) in [5.74, 6) is 0.207. The second-order valence-corrected chi connectivity index (χ2v) is 1.75. The molecule has 0 amide bonds. The van der Waals surface area contributed by atoms with E-state index in [4.69, 9.17) is 10.2 Å². The first-order chi connectivity index (χ1) is 3.77. The highest BCUT2D eigenvalue weighted by atomic mass is 16.3. The summed E-state index contributed by atoms with van der Waals surface area (Å²) in [4.78, 5) is 0. The molecule has 2 nitrogen and oxygen atoms in total. The molecule has 0 aliphatic heterocycles. The molecule has 8 heavy (non-hydrogen) atoms. The maximum absolute atomic E-state index is 8.50. The number of allylic oxidation sites excluding steroid dienone is 1. The van der Waals surface area contributed by atoms with Gasteiger partial charge >= 0.3 is 0 Å². The Morgan fingerprint density at radius 2 is 2.00 bits per heavy atom. The minimum Gasteiger partial charge on any atom is -0.513 e. The van der Waals surface area contributed by atoms with Crippen LogP contribution in [-0.2, 0) is 0 Å². The van der Waals surface area contributed by atoms with Crippen molar-refractivity contribution in [3.63, 3.8) is 0 Å². The first-order valence-corrected chi connectivity index (χ1v) is 2.75. The number of rotatable bonds is 4. The summed E-state index contributed by atoms with van der Waals surface area (Å²) in [7, 11) is 0. The molecule has 48 valence electrons. The van der Waals surface area contributed by atoms with E-state index in [1.54, 1.807) is 0 Å². The summed E-state index contributed by atoms with van der Waals surface area (Å²) in [6, 6.07) is 0. The zero-order chi connectivity index (χ0) is 6.41. The fourth-order valence-corrected chi connectivity index (χ4v) is 0.441. The second-order valence-electron chi connectivity index (χ2n) is 1.75. The maximum Gasteiger partial charge on any atom is 0.0851 e. The van der Waals surface area contributed by atoms with Gasteiger partial charge in [0.25, 0.3) is 0 Å². The van der Waals surface area contributed by atoms with Crippen LogP contribution in [0.5, 0.6) is 0 Å². The molecule has 0 aromatic heterocycles. The van der Waals surface area contributed by atoms with Crippen LogP contribution >= 0.6 is 0 Å². The SMILES string of the molecule is C=C(O)CCCCO. The van der Waals surface area contributed by atoms with Gasteiger partial charge < -0.3 is 10.2 Å². The Morgan fingerprint density at radius 1 is 1.38 bits per heavy atom. The standard InChI is InChI=1S/C6H12O2/c1-6(8)4-2-3-5-7/h7-8H,1-5H2. The summed E-state index contributed by atoms with van der Waals surface area (Å²) in [5.41, 5.74) is 0. The third-order valence-corrected chi connectivity index (χ3v) is 0.873. The Labute approximate surface area is 49.5 Å². The summed E-state index contributed by atoms with van der Waals surface area (Å²) < 4.78 is 0. The highest BCUT2D eigenvalue weighted by Gasteiger charge is 1.87. The van der Waals surface area contributed by atoms with E-state index >= 15 is 0 Å². The van der Waals surface area contributed by atoms with E-state index < -0.39 is 0 Å². The van der Waals surface area contributed by atoms with E-state index in [9.17, 15) is 0 Å². The molecular weight excluding hydrogens is 104 g/mol. The van der Waals surface area contributed by atoms with Crippen molar-refractivity contribution in [1.29, 1.82) is 0 Å². The van der Waals surface area contributed by atoms with Gasteiger partial charge in [-0.2, -0.15) is 0 Å². The van der Waals surface area contributed by atoms with Crippen molar-refractivity contribution in [3.8, 4) is 0 Å². The number of unbranched alkanes of at least 4 members (excludes halogenated alkanes) is 1. The van der Waals surface area contributed by atoms with Crippen LogP contribution < -0.4 is 0 Å². The lowest BCUT2D eigenvalue weighted by Gasteiger charge is -1.93. The molecule has 0 aliphatic carbocycles. The molecule has 2 heteroatoms. The molecule has 0 saturated carbocycles. The van der Waals surface area contributed by atoms with Crippen molar-refractivity contribution in [2.75, 3.05) is 6.61 Å². The summed E-state index contributed by atoms with van der Waals surface area (Å²) in [5, 5.41) is 16.8. The zero-order valence-corrected chi connectivity index (χ0v) is 4.93. The van der Waals surface area contributed by atoms with Crippen LogP contribution in [0.15, 0.2) is 12.3 Å². The summed E-state index contributed by atoms with van der Waals surface area (Å²) >= 11 is 0. The lowest BCUT2D eigenvalue weighted by atomic mass is 10.2. The lowest BCUT2D eigenvalue weighted by molar-refractivity contribution is 0.280. The number of aliphatic hydroxyl groups is 2. The minimum atomic E-state index is 0.202. The van der Waals surface area contributed by atoms with Gasteiger partial charge in [0.05, 0.1) is 5.76 Å². The predicted molar refractivity (Wildman–Crippen MR) is 32.7 cm³/mol. The van der Waals surface area contributed by atoms with Gasteiger partial charge in [0.15, 0.2) is 0 Å². The molecule has 0 aromatic rings. The molecule has 0 radical (unpaired) electrons. The normalized spacial score (nSPS) is 9.12. The third kappa shape index (κ3) is 5.50. The monoisotopic (exact) mass is 116 g/mol. The number of hydrogen-bond donors (Lipinski definition) is 2. The third-order valence-electron chi connectivity index (χ3n) is 0.873. The molecule has 0 spiro atoms. The van der Waals surface area contributed by atoms with E-state index in [2.05, 4.69) is 6.58 Å². The van der Waals surface area contributed by atoms with E-state index in [0.29, 0.717) is 6.42 Å². The van der Waals surface area contributed by atoms with Gasteiger partial charge in [-0.3, -0.25) is 0 Å². The molecule has 0 aliphatic rings. The molecule has 0 aromatic carbocycles. The highest BCUT2D eigenvalue weighted by Crippen LogP contribution is 1.99. The molecular formula is C6H12O2. The Kier molecular flexibility index (Phi) is 4.36. The Hall–Kier alpha value is -0.500. The molecule has 0 rings (SSSR count). The van der Waals surface area contributed by atoms with E-state index in [0.717, 1.165) is 12.8 Å². The quantitative estimate of drug-likeness (QED) is 0.428. The Morgan fingerprint density at radius 3 is 2.38 bits per heavy atom. The van der Waals surface area contributed by atoms with E-state index in [1.165, 1.54) is 0 Å². The van der Waals surface area contributed by atoms with Crippen LogP contribution in [0.4, 0.5) is 0 Å². The summed E-state index contributed by atoms with van der Waals surface area (Å²) in [6.45, 7) is 3.50. The molecule has 0 bridgehead atoms. The van der Waals surface area contributed by atoms with Crippen molar-refractivity contribution in [3.05, 3.63) is 12.3 Å². The van der Waals surface area contributed by atoms with Gasteiger partial charge in [-0.05, 0) is 12.8 Å². The number of hydrogen-bond acceptors (Lipinski definition) is 2. The van der Waals surface area contributed by atoms with Gasteiger partial charge in [0, 0.05) is 13.0 Å². The van der Waals surface area contributed by atoms with E-state index in [1.807, 2.05) is 0 Å². The minimum absolute atomic E-state index is 0.202. The van der Waals surface area contributed by atoms with Crippen molar-refractivity contribution in [1.82, 2.24) is 0 Å². The molecule has 0 atom stereocenters. The summed E-state index contributed by atoms with van der Waals surface area (Å²) in [6.07, 6.45) is 2.19. The van der Waals surface area contributed by atoms with Gasteiger partial charge in [0.2, 0.25) is 0 Å². The van der Waals surface area contributed by atoms with Gasteiger partial charge in [0.1, 0.15) is 0 Å². The average Bonchev–Trinajstić information content (AvgIpc) is 1.66. The Bertz CT molecular complexity index is 68.9. The van der Waals surface area contributed by atoms with Crippen LogP contribution in [0.3, 0.4) is 0 Å². The van der Waals surface area contributed by atoms with Crippen molar-refractivity contribution in [2.24, 2.45) is 0 Å². The van der Waals surface area contributed by atoms with Gasteiger partial charge in [-0.1, -0.05) is 6.58 Å². The largest absolute Gasteiger partial charge is 0.513 e. The second kappa shape index (κ2) is 4.65. The first-order valence-electron chi connectivity index (χ1n) is 2.75.